The van der Waals surface area contributed by atoms with Gasteiger partial charge in [0.05, 0.1) is 10.9 Å². The molecule has 0 aromatic carbocycles. The zero-order valence-electron chi connectivity index (χ0n) is 9.26. The van der Waals surface area contributed by atoms with Crippen molar-refractivity contribution in [1.82, 2.24) is 5.32 Å². The molecule has 1 aromatic heterocycles. The molecule has 0 saturated heterocycles. The normalized spacial score (nSPS) is 11.7. The fourth-order valence-corrected chi connectivity index (χ4v) is 2.18. The molecule has 4 heteroatoms. The fourth-order valence-electron chi connectivity index (χ4n) is 1.07. The van der Waals surface area contributed by atoms with Crippen LogP contribution in [0.25, 0.3) is 0 Å². The molecule has 0 fully saturated rings. The first-order valence-electron chi connectivity index (χ1n) is 4.88. The van der Waals surface area contributed by atoms with E-state index in [0.717, 1.165) is 9.21 Å². The van der Waals surface area contributed by atoms with E-state index in [1.54, 1.807) is 0 Å². The highest BCUT2D eigenvalue weighted by atomic mass is 35.5. The van der Waals surface area contributed by atoms with Gasteiger partial charge in [0.2, 0.25) is 0 Å². The van der Waals surface area contributed by atoms with Crippen LogP contribution in [-0.2, 0) is 11.2 Å². The van der Waals surface area contributed by atoms with Gasteiger partial charge in [-0.05, 0) is 32.9 Å². The van der Waals surface area contributed by atoms with Gasteiger partial charge in [-0.1, -0.05) is 11.6 Å². The molecular weight excluding hydrogens is 230 g/mol. The average Bonchev–Trinajstić information content (AvgIpc) is 2.47. The number of ketones is 1. The highest BCUT2D eigenvalue weighted by Crippen LogP contribution is 2.21. The van der Waals surface area contributed by atoms with Crippen LogP contribution in [0.3, 0.4) is 0 Å². The largest absolute Gasteiger partial charge is 0.305 e. The van der Waals surface area contributed by atoms with Crippen LogP contribution in [0.5, 0.6) is 0 Å². The second kappa shape index (κ2) is 5.10. The van der Waals surface area contributed by atoms with E-state index < -0.39 is 0 Å². The van der Waals surface area contributed by atoms with E-state index in [1.807, 2.05) is 32.9 Å². The van der Waals surface area contributed by atoms with Crippen LogP contribution in [-0.4, -0.2) is 17.9 Å². The Morgan fingerprint density at radius 3 is 2.60 bits per heavy atom. The topological polar surface area (TPSA) is 29.1 Å². The summed E-state index contributed by atoms with van der Waals surface area (Å²) in [6, 6.07) is 3.73. The highest BCUT2D eigenvalue weighted by Gasteiger charge is 2.12. The minimum atomic E-state index is -0.0112. The first-order valence-corrected chi connectivity index (χ1v) is 6.07. The van der Waals surface area contributed by atoms with Crippen molar-refractivity contribution in [1.29, 1.82) is 0 Å². The van der Waals surface area contributed by atoms with Crippen molar-refractivity contribution < 1.29 is 4.79 Å². The van der Waals surface area contributed by atoms with Crippen LogP contribution in [0.1, 0.15) is 25.6 Å². The van der Waals surface area contributed by atoms with Gasteiger partial charge >= 0.3 is 0 Å². The maximum Gasteiger partial charge on any atom is 0.151 e. The number of Topliss-reactive ketones (excluding diaryl/α,β-unsaturated/α-hetero) is 1. The van der Waals surface area contributed by atoms with Crippen LogP contribution in [0, 0.1) is 0 Å². The monoisotopic (exact) mass is 245 g/mol. The molecule has 1 aromatic rings. The van der Waals surface area contributed by atoms with Crippen molar-refractivity contribution in [3.8, 4) is 0 Å². The van der Waals surface area contributed by atoms with Gasteiger partial charge in [0.1, 0.15) is 0 Å². The van der Waals surface area contributed by atoms with E-state index in [1.165, 1.54) is 11.3 Å². The number of rotatable bonds is 4. The van der Waals surface area contributed by atoms with Crippen LogP contribution in [0.4, 0.5) is 0 Å². The van der Waals surface area contributed by atoms with Gasteiger partial charge in [0, 0.05) is 16.8 Å². The third kappa shape index (κ3) is 5.30. The molecule has 15 heavy (non-hydrogen) atoms. The second-order valence-corrected chi connectivity index (χ2v) is 6.32. The lowest BCUT2D eigenvalue weighted by molar-refractivity contribution is -0.117. The van der Waals surface area contributed by atoms with Gasteiger partial charge in [-0.15, -0.1) is 11.3 Å². The Labute approximate surface area is 99.6 Å². The molecule has 0 bridgehead atoms. The molecule has 0 unspecified atom stereocenters. The van der Waals surface area contributed by atoms with Gasteiger partial charge in [-0.25, -0.2) is 0 Å². The Bertz CT molecular complexity index is 341. The molecule has 1 N–H and O–H groups in total. The first-order chi connectivity index (χ1) is 6.87. The van der Waals surface area contributed by atoms with Crippen LogP contribution >= 0.6 is 22.9 Å². The predicted octanol–water partition coefficient (Wildman–Crippen LogP) is 2.90. The number of hydrogen-bond acceptors (Lipinski definition) is 3. The SMILES string of the molecule is CC(C)(C)NCC(=O)Cc1ccc(Cl)s1. The summed E-state index contributed by atoms with van der Waals surface area (Å²) in [6.07, 6.45) is 0.473. The number of carbonyl (C=O) groups is 1. The molecule has 0 aliphatic carbocycles. The summed E-state index contributed by atoms with van der Waals surface area (Å²) in [4.78, 5) is 12.6. The van der Waals surface area contributed by atoms with E-state index in [9.17, 15) is 4.79 Å². The van der Waals surface area contributed by atoms with Crippen molar-refractivity contribution in [3.63, 3.8) is 0 Å². The maximum atomic E-state index is 11.6. The number of nitrogens with one attached hydrogen (secondary N) is 1. The van der Waals surface area contributed by atoms with Gasteiger partial charge < -0.3 is 5.32 Å². The van der Waals surface area contributed by atoms with Crippen molar-refractivity contribution in [2.24, 2.45) is 0 Å². The van der Waals surface area contributed by atoms with Crippen molar-refractivity contribution >= 4 is 28.7 Å². The van der Waals surface area contributed by atoms with E-state index in [2.05, 4.69) is 5.32 Å². The quantitative estimate of drug-likeness (QED) is 0.884. The lowest BCUT2D eigenvalue weighted by atomic mass is 10.1. The number of halogens is 1. The molecule has 1 heterocycles. The highest BCUT2D eigenvalue weighted by molar-refractivity contribution is 7.16. The van der Waals surface area contributed by atoms with Crippen LogP contribution in [0.15, 0.2) is 12.1 Å². The second-order valence-electron chi connectivity index (χ2n) is 4.52. The summed E-state index contributed by atoms with van der Waals surface area (Å²) >= 11 is 7.25. The molecule has 1 rings (SSSR count). The maximum absolute atomic E-state index is 11.6. The summed E-state index contributed by atoms with van der Waals surface area (Å²) < 4.78 is 0.738. The molecule has 0 aliphatic rings. The molecule has 0 aliphatic heterocycles. The summed E-state index contributed by atoms with van der Waals surface area (Å²) in [6.45, 7) is 6.55. The summed E-state index contributed by atoms with van der Waals surface area (Å²) in [5, 5.41) is 3.17. The minimum Gasteiger partial charge on any atom is -0.305 e. The zero-order valence-corrected chi connectivity index (χ0v) is 10.8. The number of thiophene rings is 1. The van der Waals surface area contributed by atoms with Crippen LogP contribution in [0.2, 0.25) is 4.34 Å². The Morgan fingerprint density at radius 1 is 1.47 bits per heavy atom. The van der Waals surface area contributed by atoms with E-state index in [0.29, 0.717) is 13.0 Å². The minimum absolute atomic E-state index is 0.0112. The van der Waals surface area contributed by atoms with Crippen molar-refractivity contribution in [3.05, 3.63) is 21.3 Å². The first kappa shape index (κ1) is 12.7. The molecule has 0 atom stereocenters. The smallest absolute Gasteiger partial charge is 0.151 e. The summed E-state index contributed by atoms with van der Waals surface area (Å²) in [5.41, 5.74) is -0.0112. The van der Waals surface area contributed by atoms with Gasteiger partial charge in [0.15, 0.2) is 5.78 Å². The molecular formula is C11H16ClNOS. The molecule has 0 spiro atoms. The van der Waals surface area contributed by atoms with Crippen LogP contribution < -0.4 is 5.32 Å². The Morgan fingerprint density at radius 2 is 2.13 bits per heavy atom. The van der Waals surface area contributed by atoms with E-state index >= 15 is 0 Å². The molecule has 84 valence electrons. The Hall–Kier alpha value is -0.380. The van der Waals surface area contributed by atoms with E-state index in [-0.39, 0.29) is 11.3 Å². The molecule has 0 amide bonds. The van der Waals surface area contributed by atoms with Crippen molar-refractivity contribution in [2.75, 3.05) is 6.54 Å². The predicted molar refractivity (Wildman–Crippen MR) is 65.8 cm³/mol. The Kier molecular flexibility index (Phi) is 4.32. The van der Waals surface area contributed by atoms with E-state index in [4.69, 9.17) is 11.6 Å². The third-order valence-electron chi connectivity index (χ3n) is 1.82. The average molecular weight is 246 g/mol. The molecule has 2 nitrogen and oxygen atoms in total. The summed E-state index contributed by atoms with van der Waals surface area (Å²) in [5.74, 6) is 0.198. The zero-order chi connectivity index (χ0) is 11.5. The van der Waals surface area contributed by atoms with Gasteiger partial charge in [-0.2, -0.15) is 0 Å². The molecule has 0 radical (unpaired) electrons. The number of hydrogen-bond donors (Lipinski definition) is 1. The van der Waals surface area contributed by atoms with Crippen molar-refractivity contribution in [2.45, 2.75) is 32.7 Å². The van der Waals surface area contributed by atoms with Gasteiger partial charge in [-0.3, -0.25) is 4.79 Å². The fraction of sp³-hybridized carbons (Fsp3) is 0.545. The standard InChI is InChI=1S/C11H16ClNOS/c1-11(2,3)13-7-8(14)6-9-4-5-10(12)15-9/h4-5,13H,6-7H2,1-3H3. The lowest BCUT2D eigenvalue weighted by Gasteiger charge is -2.19. The summed E-state index contributed by atoms with van der Waals surface area (Å²) in [7, 11) is 0. The third-order valence-corrected chi connectivity index (χ3v) is 3.05. The lowest BCUT2D eigenvalue weighted by Crippen LogP contribution is -2.39. The Balaban J connectivity index is 2.37. The van der Waals surface area contributed by atoms with Gasteiger partial charge in [0.25, 0.3) is 0 Å². The number of carbonyl (C=O) groups excluding carboxylic acids is 1. The molecule has 0 saturated carbocycles.